The van der Waals surface area contributed by atoms with Gasteiger partial charge in [-0.25, -0.2) is 4.99 Å². The van der Waals surface area contributed by atoms with Crippen molar-refractivity contribution in [2.24, 2.45) is 4.99 Å². The standard InChI is InChI=1S/C21H22N2O2S2/c1-5-25-15-10-11-17-16(12-15)18-19(21(2,3)23-17)26-27-20(18)22-13-6-8-14(24-4)9-7-13/h6-12,23H,5H2,1-4H3. The normalized spacial score (nSPS) is 14.9. The quantitative estimate of drug-likeness (QED) is 0.567. The molecule has 0 unspecified atom stereocenters. The molecule has 0 radical (unpaired) electrons. The van der Waals surface area contributed by atoms with Crippen LogP contribution in [0.3, 0.4) is 0 Å². The third kappa shape index (κ3) is 3.35. The van der Waals surface area contributed by atoms with Crippen LogP contribution in [0.5, 0.6) is 11.5 Å². The van der Waals surface area contributed by atoms with Crippen LogP contribution in [0.15, 0.2) is 47.5 Å². The summed E-state index contributed by atoms with van der Waals surface area (Å²) in [5.41, 5.74) is 4.27. The zero-order valence-corrected chi connectivity index (χ0v) is 17.5. The van der Waals surface area contributed by atoms with Gasteiger partial charge in [0.25, 0.3) is 0 Å². The second-order valence-corrected chi connectivity index (χ2v) is 9.00. The smallest absolute Gasteiger partial charge is 0.135 e. The van der Waals surface area contributed by atoms with Crippen molar-refractivity contribution in [2.45, 2.75) is 26.3 Å². The molecule has 4 rings (SSSR count). The third-order valence-corrected chi connectivity index (χ3v) is 7.18. The van der Waals surface area contributed by atoms with E-state index < -0.39 is 0 Å². The van der Waals surface area contributed by atoms with E-state index >= 15 is 0 Å². The van der Waals surface area contributed by atoms with E-state index in [0.29, 0.717) is 6.61 Å². The molecule has 1 N–H and O–H groups in total. The number of hydrogen-bond donors (Lipinski definition) is 1. The highest BCUT2D eigenvalue weighted by molar-refractivity contribution is 7.68. The van der Waals surface area contributed by atoms with Gasteiger partial charge in [-0.2, -0.15) is 0 Å². The molecule has 0 saturated heterocycles. The first-order valence-electron chi connectivity index (χ1n) is 8.89. The van der Waals surface area contributed by atoms with Crippen LogP contribution in [0.25, 0.3) is 11.1 Å². The first-order chi connectivity index (χ1) is 13.0. The van der Waals surface area contributed by atoms with E-state index in [4.69, 9.17) is 14.5 Å². The largest absolute Gasteiger partial charge is 0.497 e. The number of nitrogens with one attached hydrogen (secondary N) is 1. The Balaban J connectivity index is 1.89. The molecule has 1 aromatic heterocycles. The zero-order chi connectivity index (χ0) is 19.0. The fourth-order valence-corrected chi connectivity index (χ4v) is 6.19. The van der Waals surface area contributed by atoms with Crippen LogP contribution in [0.4, 0.5) is 11.4 Å². The van der Waals surface area contributed by atoms with Gasteiger partial charge < -0.3 is 14.8 Å². The Morgan fingerprint density at radius 1 is 1.04 bits per heavy atom. The van der Waals surface area contributed by atoms with Crippen LogP contribution in [0.2, 0.25) is 0 Å². The van der Waals surface area contributed by atoms with Gasteiger partial charge in [0.2, 0.25) is 0 Å². The maximum Gasteiger partial charge on any atom is 0.135 e. The van der Waals surface area contributed by atoms with Gasteiger partial charge in [-0.05, 0) is 63.2 Å². The molecule has 0 fully saturated rings. The van der Waals surface area contributed by atoms with Gasteiger partial charge in [-0.1, -0.05) is 20.7 Å². The number of fused-ring (bicyclic) bond motifs is 3. The molecule has 0 atom stereocenters. The van der Waals surface area contributed by atoms with Crippen LogP contribution < -0.4 is 19.5 Å². The summed E-state index contributed by atoms with van der Waals surface area (Å²) in [4.78, 5) is 6.24. The third-order valence-electron chi connectivity index (χ3n) is 4.53. The van der Waals surface area contributed by atoms with Gasteiger partial charge in [-0.15, -0.1) is 0 Å². The van der Waals surface area contributed by atoms with E-state index in [-0.39, 0.29) is 5.54 Å². The van der Waals surface area contributed by atoms with E-state index in [1.807, 2.05) is 37.3 Å². The Labute approximate surface area is 166 Å². The fraction of sp³-hybridized carbons (Fsp3) is 0.286. The summed E-state index contributed by atoms with van der Waals surface area (Å²) in [6.45, 7) is 7.08. The predicted octanol–water partition coefficient (Wildman–Crippen LogP) is 5.78. The minimum absolute atomic E-state index is 0.135. The van der Waals surface area contributed by atoms with E-state index in [1.54, 1.807) is 27.8 Å². The summed E-state index contributed by atoms with van der Waals surface area (Å²) in [6, 6.07) is 14.1. The Kier molecular flexibility index (Phi) is 4.70. The van der Waals surface area contributed by atoms with Crippen molar-refractivity contribution in [1.82, 2.24) is 0 Å². The van der Waals surface area contributed by atoms with Gasteiger partial charge in [0.15, 0.2) is 0 Å². The maximum absolute atomic E-state index is 5.73. The molecule has 1 aliphatic heterocycles. The van der Waals surface area contributed by atoms with Crippen molar-refractivity contribution in [1.29, 1.82) is 0 Å². The molecule has 0 amide bonds. The van der Waals surface area contributed by atoms with E-state index in [2.05, 4.69) is 31.3 Å². The molecule has 0 aliphatic carbocycles. The lowest BCUT2D eigenvalue weighted by Crippen LogP contribution is -2.31. The molecule has 6 heteroatoms. The zero-order valence-electron chi connectivity index (χ0n) is 15.8. The fourth-order valence-electron chi connectivity index (χ4n) is 3.25. The molecule has 0 bridgehead atoms. The number of anilines is 1. The van der Waals surface area contributed by atoms with Gasteiger partial charge in [0.05, 0.1) is 29.8 Å². The number of rotatable bonds is 4. The van der Waals surface area contributed by atoms with Crippen LogP contribution >= 0.6 is 20.7 Å². The Morgan fingerprint density at radius 3 is 2.48 bits per heavy atom. The van der Waals surface area contributed by atoms with Crippen LogP contribution in [0, 0.1) is 0 Å². The number of hydrogen-bond acceptors (Lipinski definition) is 6. The minimum atomic E-state index is -0.135. The van der Waals surface area contributed by atoms with Crippen molar-refractivity contribution in [2.75, 3.05) is 19.0 Å². The summed E-state index contributed by atoms with van der Waals surface area (Å²) in [5.74, 6) is 1.72. The first-order valence-corrected chi connectivity index (χ1v) is 11.0. The maximum atomic E-state index is 5.73. The molecular formula is C21H22N2O2S2. The topological polar surface area (TPSA) is 42.9 Å². The Hall–Kier alpha value is -2.31. The molecule has 2 heterocycles. The number of nitrogens with zero attached hydrogens (tertiary/aromatic N) is 1. The number of benzene rings is 2. The lowest BCUT2D eigenvalue weighted by Gasteiger charge is -2.33. The lowest BCUT2D eigenvalue weighted by molar-refractivity contribution is 0.340. The Morgan fingerprint density at radius 2 is 1.78 bits per heavy atom. The van der Waals surface area contributed by atoms with Crippen molar-refractivity contribution < 1.29 is 9.47 Å². The van der Waals surface area contributed by atoms with Crippen molar-refractivity contribution in [3.63, 3.8) is 0 Å². The number of methoxy groups -OCH3 is 1. The highest BCUT2D eigenvalue weighted by Gasteiger charge is 2.33. The summed E-state index contributed by atoms with van der Waals surface area (Å²) in [6.07, 6.45) is 0. The first kappa shape index (κ1) is 18.1. The summed E-state index contributed by atoms with van der Waals surface area (Å²) >= 11 is 0. The molecule has 140 valence electrons. The molecule has 0 saturated carbocycles. The number of ether oxygens (including phenoxy) is 2. The highest BCUT2D eigenvalue weighted by Crippen LogP contribution is 2.46. The second kappa shape index (κ2) is 7.02. The van der Waals surface area contributed by atoms with Gasteiger partial charge in [0.1, 0.15) is 16.2 Å². The minimum Gasteiger partial charge on any atom is -0.497 e. The van der Waals surface area contributed by atoms with Gasteiger partial charge in [-0.3, -0.25) is 0 Å². The molecule has 4 nitrogen and oxygen atoms in total. The van der Waals surface area contributed by atoms with Crippen molar-refractivity contribution in [3.05, 3.63) is 52.0 Å². The van der Waals surface area contributed by atoms with Crippen LogP contribution in [0.1, 0.15) is 25.6 Å². The molecule has 1 aliphatic rings. The molecule has 3 aromatic rings. The van der Waals surface area contributed by atoms with E-state index in [9.17, 15) is 0 Å². The van der Waals surface area contributed by atoms with Crippen LogP contribution in [-0.4, -0.2) is 13.7 Å². The Bertz CT molecular complexity index is 1030. The van der Waals surface area contributed by atoms with Crippen molar-refractivity contribution >= 4 is 32.1 Å². The average Bonchev–Trinajstić information content (AvgIpc) is 3.08. The average molecular weight is 399 g/mol. The van der Waals surface area contributed by atoms with Gasteiger partial charge in [0, 0.05) is 16.8 Å². The summed E-state index contributed by atoms with van der Waals surface area (Å²) in [7, 11) is 5.18. The van der Waals surface area contributed by atoms with Crippen molar-refractivity contribution in [3.8, 4) is 22.6 Å². The molecular weight excluding hydrogens is 376 g/mol. The van der Waals surface area contributed by atoms with E-state index in [1.165, 1.54) is 10.4 Å². The molecule has 0 spiro atoms. The predicted molar refractivity (Wildman–Crippen MR) is 114 cm³/mol. The summed E-state index contributed by atoms with van der Waals surface area (Å²) in [5, 5.41) is 3.66. The monoisotopic (exact) mass is 398 g/mol. The molecule has 2 aromatic carbocycles. The molecule has 27 heavy (non-hydrogen) atoms. The second-order valence-electron chi connectivity index (χ2n) is 6.88. The summed E-state index contributed by atoms with van der Waals surface area (Å²) < 4.78 is 12.0. The van der Waals surface area contributed by atoms with Crippen LogP contribution in [-0.2, 0) is 5.54 Å². The van der Waals surface area contributed by atoms with E-state index in [0.717, 1.165) is 33.1 Å². The lowest BCUT2D eigenvalue weighted by atomic mass is 9.90. The van der Waals surface area contributed by atoms with Gasteiger partial charge >= 0.3 is 0 Å². The highest BCUT2D eigenvalue weighted by atomic mass is 32.9. The SMILES string of the molecule is CCOc1ccc2c(c1)-c1c(ssc1=Nc1ccc(OC)cc1)C(C)(C)N2.